The van der Waals surface area contributed by atoms with Crippen molar-refractivity contribution in [1.82, 2.24) is 0 Å². The zero-order valence-electron chi connectivity index (χ0n) is 11.4. The number of fused-ring (bicyclic) bond motifs is 1. The fourth-order valence-electron chi connectivity index (χ4n) is 2.89. The Kier molecular flexibility index (Phi) is 2.83. The Labute approximate surface area is 117 Å². The first-order chi connectivity index (χ1) is 9.41. The molecule has 1 aliphatic heterocycles. The number of hydrogen-bond donors (Lipinski definition) is 2. The summed E-state index contributed by atoms with van der Waals surface area (Å²) < 4.78 is 0. The van der Waals surface area contributed by atoms with Gasteiger partial charge in [0.1, 0.15) is 0 Å². The van der Waals surface area contributed by atoms with Crippen LogP contribution in [0.1, 0.15) is 35.7 Å². The Bertz CT molecular complexity index is 591. The molecule has 106 valence electrons. The molecule has 5 heteroatoms. The van der Waals surface area contributed by atoms with Crippen LogP contribution in [0.4, 0.5) is 5.69 Å². The van der Waals surface area contributed by atoms with Crippen molar-refractivity contribution in [1.29, 1.82) is 0 Å². The van der Waals surface area contributed by atoms with Gasteiger partial charge in [-0.25, -0.2) is 4.79 Å². The van der Waals surface area contributed by atoms with E-state index >= 15 is 0 Å². The quantitative estimate of drug-likeness (QED) is 0.872. The molecule has 1 amide bonds. The molecule has 1 atom stereocenters. The largest absolute Gasteiger partial charge is 0.478 e. The first-order valence-corrected chi connectivity index (χ1v) is 6.88. The number of nitrogens with two attached hydrogens (primary N) is 1. The van der Waals surface area contributed by atoms with Crippen LogP contribution in [-0.4, -0.2) is 29.1 Å². The molecule has 0 spiro atoms. The molecule has 0 saturated heterocycles. The lowest BCUT2D eigenvalue weighted by Crippen LogP contribution is -2.54. The molecule has 0 radical (unpaired) electrons. The number of carboxylic acid groups (broad SMARTS) is 1. The molecular formula is C15H18N2O3. The molecule has 3 N–H and O–H groups in total. The highest BCUT2D eigenvalue weighted by atomic mass is 16.4. The average Bonchev–Trinajstić information content (AvgIpc) is 3.18. The van der Waals surface area contributed by atoms with Crippen molar-refractivity contribution in [3.63, 3.8) is 0 Å². The third-order valence-corrected chi connectivity index (χ3v) is 4.35. The Morgan fingerprint density at radius 1 is 1.40 bits per heavy atom. The highest BCUT2D eigenvalue weighted by Gasteiger charge is 2.47. The van der Waals surface area contributed by atoms with Crippen LogP contribution in [0.15, 0.2) is 18.2 Å². The normalized spacial score (nSPS) is 20.4. The predicted octanol–water partition coefficient (Wildman–Crippen LogP) is 1.40. The summed E-state index contributed by atoms with van der Waals surface area (Å²) in [4.78, 5) is 25.3. The molecule has 1 fully saturated rings. The van der Waals surface area contributed by atoms with Crippen LogP contribution in [-0.2, 0) is 11.2 Å². The summed E-state index contributed by atoms with van der Waals surface area (Å²) in [6.45, 7) is 2.38. The summed E-state index contributed by atoms with van der Waals surface area (Å²) in [6.07, 6.45) is 2.71. The van der Waals surface area contributed by atoms with E-state index in [1.54, 1.807) is 24.0 Å². The molecule has 1 heterocycles. The molecule has 1 aromatic carbocycles. The number of carbonyl (C=O) groups excluding carboxylic acids is 1. The first-order valence-electron chi connectivity index (χ1n) is 6.88. The zero-order valence-corrected chi connectivity index (χ0v) is 11.4. The van der Waals surface area contributed by atoms with Crippen molar-refractivity contribution in [2.45, 2.75) is 31.7 Å². The van der Waals surface area contributed by atoms with Crippen LogP contribution in [0.25, 0.3) is 0 Å². The number of benzene rings is 1. The number of aromatic carboxylic acids is 1. The van der Waals surface area contributed by atoms with Gasteiger partial charge in [0.05, 0.1) is 11.1 Å². The maximum Gasteiger partial charge on any atom is 0.335 e. The zero-order chi connectivity index (χ0) is 14.5. The van der Waals surface area contributed by atoms with Gasteiger partial charge in [-0.3, -0.25) is 4.79 Å². The van der Waals surface area contributed by atoms with E-state index in [4.69, 9.17) is 10.8 Å². The third kappa shape index (κ3) is 1.98. The summed E-state index contributed by atoms with van der Waals surface area (Å²) in [5.41, 5.74) is 7.35. The Morgan fingerprint density at radius 3 is 2.70 bits per heavy atom. The van der Waals surface area contributed by atoms with Crippen molar-refractivity contribution in [2.24, 2.45) is 11.7 Å². The maximum absolute atomic E-state index is 12.6. The van der Waals surface area contributed by atoms with Gasteiger partial charge in [0.15, 0.2) is 0 Å². The minimum Gasteiger partial charge on any atom is -0.478 e. The van der Waals surface area contributed by atoms with Gasteiger partial charge in [-0.15, -0.1) is 0 Å². The van der Waals surface area contributed by atoms with Crippen LogP contribution >= 0.6 is 0 Å². The summed E-state index contributed by atoms with van der Waals surface area (Å²) in [5.74, 6) is -0.724. The second kappa shape index (κ2) is 4.31. The smallest absolute Gasteiger partial charge is 0.335 e. The molecule has 1 aliphatic carbocycles. The topological polar surface area (TPSA) is 83.6 Å². The minimum absolute atomic E-state index is 0.0539. The maximum atomic E-state index is 12.6. The van der Waals surface area contributed by atoms with Gasteiger partial charge in [-0.05, 0) is 55.9 Å². The van der Waals surface area contributed by atoms with E-state index in [2.05, 4.69) is 0 Å². The van der Waals surface area contributed by atoms with E-state index in [1.165, 1.54) is 6.07 Å². The molecule has 1 aromatic rings. The van der Waals surface area contributed by atoms with Gasteiger partial charge in [0, 0.05) is 12.2 Å². The Morgan fingerprint density at radius 2 is 2.10 bits per heavy atom. The molecule has 5 nitrogen and oxygen atoms in total. The van der Waals surface area contributed by atoms with E-state index in [1.807, 2.05) is 0 Å². The van der Waals surface area contributed by atoms with Gasteiger partial charge >= 0.3 is 5.97 Å². The Balaban J connectivity index is 1.89. The van der Waals surface area contributed by atoms with Gasteiger partial charge in [0.2, 0.25) is 5.91 Å². The predicted molar refractivity (Wildman–Crippen MR) is 74.8 cm³/mol. The van der Waals surface area contributed by atoms with Crippen molar-refractivity contribution < 1.29 is 14.7 Å². The highest BCUT2D eigenvalue weighted by molar-refractivity contribution is 6.02. The second-order valence-corrected chi connectivity index (χ2v) is 5.91. The standard InChI is InChI=1S/C15H18N2O3/c1-15(16,11-3-4-11)14(20)17-7-6-9-8-10(13(18)19)2-5-12(9)17/h2,5,8,11H,3-4,6-7,16H2,1H3,(H,18,19). The lowest BCUT2D eigenvalue weighted by Gasteiger charge is -2.29. The van der Waals surface area contributed by atoms with Crippen LogP contribution in [0.3, 0.4) is 0 Å². The molecule has 20 heavy (non-hydrogen) atoms. The third-order valence-electron chi connectivity index (χ3n) is 4.35. The lowest BCUT2D eigenvalue weighted by molar-refractivity contribution is -0.123. The summed E-state index contributed by atoms with van der Waals surface area (Å²) in [6, 6.07) is 4.90. The molecule has 1 saturated carbocycles. The van der Waals surface area contributed by atoms with Gasteiger partial charge < -0.3 is 15.7 Å². The molecule has 0 aromatic heterocycles. The van der Waals surface area contributed by atoms with Gasteiger partial charge in [-0.1, -0.05) is 0 Å². The second-order valence-electron chi connectivity index (χ2n) is 5.91. The van der Waals surface area contributed by atoms with Crippen molar-refractivity contribution in [3.05, 3.63) is 29.3 Å². The SMILES string of the molecule is CC(N)(C(=O)N1CCc2cc(C(=O)O)ccc21)C1CC1. The molecule has 1 unspecified atom stereocenters. The van der Waals surface area contributed by atoms with Crippen LogP contribution < -0.4 is 10.6 Å². The number of carbonyl (C=O) groups is 2. The van der Waals surface area contributed by atoms with Crippen LogP contribution in [0.2, 0.25) is 0 Å². The Hall–Kier alpha value is -1.88. The fourth-order valence-corrected chi connectivity index (χ4v) is 2.89. The van der Waals surface area contributed by atoms with E-state index in [0.29, 0.717) is 13.0 Å². The van der Waals surface area contributed by atoms with E-state index in [0.717, 1.165) is 24.1 Å². The van der Waals surface area contributed by atoms with Gasteiger partial charge in [-0.2, -0.15) is 0 Å². The lowest BCUT2D eigenvalue weighted by atomic mass is 9.95. The number of rotatable bonds is 3. The average molecular weight is 274 g/mol. The molecule has 2 aliphatic rings. The molecular weight excluding hydrogens is 256 g/mol. The van der Waals surface area contributed by atoms with Gasteiger partial charge in [0.25, 0.3) is 0 Å². The fraction of sp³-hybridized carbons (Fsp3) is 0.467. The minimum atomic E-state index is -0.945. The molecule has 0 bridgehead atoms. The van der Waals surface area contributed by atoms with Crippen LogP contribution in [0.5, 0.6) is 0 Å². The number of hydrogen-bond acceptors (Lipinski definition) is 3. The first kappa shape index (κ1) is 13.1. The number of nitrogens with zero attached hydrogens (tertiary/aromatic N) is 1. The van der Waals surface area contributed by atoms with Crippen molar-refractivity contribution >= 4 is 17.6 Å². The highest BCUT2D eigenvalue weighted by Crippen LogP contribution is 2.40. The molecule has 3 rings (SSSR count). The van der Waals surface area contributed by atoms with Crippen molar-refractivity contribution in [2.75, 3.05) is 11.4 Å². The van der Waals surface area contributed by atoms with Crippen molar-refractivity contribution in [3.8, 4) is 0 Å². The summed E-state index contributed by atoms with van der Waals surface area (Å²) in [7, 11) is 0. The number of amides is 1. The van der Waals surface area contributed by atoms with E-state index in [-0.39, 0.29) is 17.4 Å². The van der Waals surface area contributed by atoms with Crippen LogP contribution in [0, 0.1) is 5.92 Å². The summed E-state index contributed by atoms with van der Waals surface area (Å²) in [5, 5.41) is 9.00. The summed E-state index contributed by atoms with van der Waals surface area (Å²) >= 11 is 0. The van der Waals surface area contributed by atoms with E-state index in [9.17, 15) is 9.59 Å². The monoisotopic (exact) mass is 274 g/mol. The van der Waals surface area contributed by atoms with E-state index < -0.39 is 11.5 Å². The number of carboxylic acids is 1. The number of anilines is 1.